The summed E-state index contributed by atoms with van der Waals surface area (Å²) in [4.78, 5) is 6.89. The summed E-state index contributed by atoms with van der Waals surface area (Å²) in [6.07, 6.45) is 2.69. The molecular weight excluding hydrogens is 334 g/mol. The van der Waals surface area contributed by atoms with Gasteiger partial charge in [0.1, 0.15) is 4.99 Å². The molecule has 0 atom stereocenters. The van der Waals surface area contributed by atoms with Gasteiger partial charge in [0.15, 0.2) is 0 Å². The van der Waals surface area contributed by atoms with Gasteiger partial charge in [-0.1, -0.05) is 34.2 Å². The molecule has 0 fully saturated rings. The number of hydrogen-bond acceptors (Lipinski definition) is 3. The summed E-state index contributed by atoms with van der Waals surface area (Å²) in [5.41, 5.74) is 8.80. The van der Waals surface area contributed by atoms with Gasteiger partial charge in [0.05, 0.1) is 0 Å². The number of aromatic nitrogens is 1. The number of likely N-dealkylation sites (N-methyl/N-ethyl adjacent to an activating group) is 1. The molecule has 0 unspecified atom stereocenters. The van der Waals surface area contributed by atoms with Crippen molar-refractivity contribution in [1.29, 1.82) is 0 Å². The van der Waals surface area contributed by atoms with Crippen LogP contribution in [0.5, 0.6) is 0 Å². The van der Waals surface area contributed by atoms with Gasteiger partial charge in [-0.15, -0.1) is 0 Å². The second-order valence-corrected chi connectivity index (χ2v) is 5.87. The lowest BCUT2D eigenvalue weighted by Crippen LogP contribution is -2.24. The highest BCUT2D eigenvalue weighted by Crippen LogP contribution is 2.24. The second kappa shape index (κ2) is 6.81. The summed E-state index contributed by atoms with van der Waals surface area (Å²) >= 11 is 8.57. The molecule has 0 saturated heterocycles. The maximum absolute atomic E-state index is 5.80. The van der Waals surface area contributed by atoms with E-state index in [2.05, 4.69) is 25.8 Å². The Morgan fingerprint density at radius 1 is 1.35 bits per heavy atom. The zero-order valence-corrected chi connectivity index (χ0v) is 13.6. The van der Waals surface area contributed by atoms with Crippen molar-refractivity contribution in [2.24, 2.45) is 5.73 Å². The lowest BCUT2D eigenvalue weighted by Gasteiger charge is -2.22. The summed E-state index contributed by atoms with van der Waals surface area (Å²) in [7, 11) is 2.04. The molecule has 2 N–H and O–H groups in total. The number of nitrogens with two attached hydrogens (primary N) is 1. The Kier molecular flexibility index (Phi) is 5.09. The van der Waals surface area contributed by atoms with Crippen molar-refractivity contribution in [3.05, 3.63) is 58.3 Å². The molecule has 0 saturated carbocycles. The van der Waals surface area contributed by atoms with E-state index in [-0.39, 0.29) is 0 Å². The van der Waals surface area contributed by atoms with Crippen molar-refractivity contribution in [3.63, 3.8) is 0 Å². The molecule has 2 aromatic rings. The van der Waals surface area contributed by atoms with Crippen LogP contribution in [-0.2, 0) is 6.42 Å². The number of hydrogen-bond donors (Lipinski definition) is 1. The van der Waals surface area contributed by atoms with Gasteiger partial charge in [-0.25, -0.2) is 0 Å². The van der Waals surface area contributed by atoms with Gasteiger partial charge in [-0.05, 0) is 30.3 Å². The van der Waals surface area contributed by atoms with Crippen LogP contribution in [-0.4, -0.2) is 23.6 Å². The molecule has 0 amide bonds. The highest BCUT2D eigenvalue weighted by molar-refractivity contribution is 9.10. The van der Waals surface area contributed by atoms with E-state index in [9.17, 15) is 0 Å². The van der Waals surface area contributed by atoms with E-state index in [1.165, 1.54) is 0 Å². The summed E-state index contributed by atoms with van der Waals surface area (Å²) in [6, 6.07) is 11.9. The number of pyridine rings is 1. The molecule has 1 aromatic heterocycles. The maximum atomic E-state index is 5.80. The Morgan fingerprint density at radius 3 is 2.80 bits per heavy atom. The molecule has 1 heterocycles. The van der Waals surface area contributed by atoms with Gasteiger partial charge < -0.3 is 10.6 Å². The van der Waals surface area contributed by atoms with Gasteiger partial charge in [0, 0.05) is 47.6 Å². The summed E-state index contributed by atoms with van der Waals surface area (Å²) in [5, 5.41) is 0. The van der Waals surface area contributed by atoms with Crippen LogP contribution in [0.1, 0.15) is 11.3 Å². The highest BCUT2D eigenvalue weighted by atomic mass is 79.9. The largest absolute Gasteiger partial charge is 0.389 e. The van der Waals surface area contributed by atoms with Crippen molar-refractivity contribution in [2.75, 3.05) is 18.5 Å². The van der Waals surface area contributed by atoms with Crippen molar-refractivity contribution >= 4 is 38.8 Å². The Morgan fingerprint density at radius 2 is 2.15 bits per heavy atom. The second-order valence-electron chi connectivity index (χ2n) is 4.52. The van der Waals surface area contributed by atoms with Gasteiger partial charge in [0.2, 0.25) is 0 Å². The monoisotopic (exact) mass is 349 g/mol. The first-order chi connectivity index (χ1) is 9.58. The van der Waals surface area contributed by atoms with E-state index < -0.39 is 0 Å². The van der Waals surface area contributed by atoms with E-state index in [4.69, 9.17) is 18.0 Å². The van der Waals surface area contributed by atoms with Crippen LogP contribution >= 0.6 is 28.1 Å². The molecule has 0 aliphatic carbocycles. The molecule has 0 radical (unpaired) electrons. The van der Waals surface area contributed by atoms with Crippen molar-refractivity contribution in [3.8, 4) is 0 Å². The average Bonchev–Trinajstić information content (AvgIpc) is 2.45. The van der Waals surface area contributed by atoms with E-state index in [1.807, 2.05) is 49.6 Å². The van der Waals surface area contributed by atoms with E-state index in [0.717, 1.165) is 34.4 Å². The van der Waals surface area contributed by atoms with Crippen molar-refractivity contribution < 1.29 is 0 Å². The summed E-state index contributed by atoms with van der Waals surface area (Å²) in [6.45, 7) is 0.855. The maximum Gasteiger partial charge on any atom is 0.106 e. The van der Waals surface area contributed by atoms with Crippen LogP contribution in [0.15, 0.2) is 47.1 Å². The van der Waals surface area contributed by atoms with Crippen LogP contribution in [0.4, 0.5) is 5.69 Å². The summed E-state index contributed by atoms with van der Waals surface area (Å²) in [5.74, 6) is 0. The molecule has 0 aliphatic rings. The predicted molar refractivity (Wildman–Crippen MR) is 91.2 cm³/mol. The molecule has 3 nitrogen and oxygen atoms in total. The standard InChI is InChI=1S/C15H16BrN3S/c1-19(9-7-12-4-2-3-8-18-12)14-6-5-11(16)10-13(14)15(17)20/h2-6,8,10H,7,9H2,1H3,(H2,17,20). The Labute approximate surface area is 132 Å². The zero-order valence-electron chi connectivity index (χ0n) is 11.2. The van der Waals surface area contributed by atoms with Gasteiger partial charge in [-0.3, -0.25) is 4.98 Å². The number of nitrogens with zero attached hydrogens (tertiary/aromatic N) is 2. The highest BCUT2D eigenvalue weighted by Gasteiger charge is 2.10. The normalized spacial score (nSPS) is 10.3. The third kappa shape index (κ3) is 3.77. The number of rotatable bonds is 5. The molecule has 104 valence electrons. The molecule has 2 rings (SSSR count). The number of halogens is 1. The molecule has 0 aliphatic heterocycles. The van der Waals surface area contributed by atoms with E-state index in [1.54, 1.807) is 0 Å². The first kappa shape index (κ1) is 14.9. The zero-order chi connectivity index (χ0) is 14.5. The quantitative estimate of drug-likeness (QED) is 0.842. The molecule has 0 spiro atoms. The first-order valence-corrected chi connectivity index (χ1v) is 7.48. The first-order valence-electron chi connectivity index (χ1n) is 6.28. The number of anilines is 1. The molecule has 20 heavy (non-hydrogen) atoms. The van der Waals surface area contributed by atoms with E-state index in [0.29, 0.717) is 4.99 Å². The lowest BCUT2D eigenvalue weighted by atomic mass is 10.1. The molecule has 1 aromatic carbocycles. The SMILES string of the molecule is CN(CCc1ccccn1)c1ccc(Br)cc1C(N)=S. The predicted octanol–water partition coefficient (Wildman–Crippen LogP) is 3.16. The Balaban J connectivity index is 2.13. The fourth-order valence-corrected chi connectivity index (χ4v) is 2.51. The fourth-order valence-electron chi connectivity index (χ4n) is 1.99. The number of benzene rings is 1. The topological polar surface area (TPSA) is 42.2 Å². The van der Waals surface area contributed by atoms with Crippen LogP contribution < -0.4 is 10.6 Å². The minimum absolute atomic E-state index is 0.408. The Bertz CT molecular complexity index is 601. The van der Waals surface area contributed by atoms with Crippen LogP contribution in [0, 0.1) is 0 Å². The van der Waals surface area contributed by atoms with Gasteiger partial charge in [0.25, 0.3) is 0 Å². The molecular formula is C15H16BrN3S. The van der Waals surface area contributed by atoms with Crippen molar-refractivity contribution in [2.45, 2.75) is 6.42 Å². The lowest BCUT2D eigenvalue weighted by molar-refractivity contribution is 0.852. The average molecular weight is 350 g/mol. The minimum Gasteiger partial charge on any atom is -0.389 e. The minimum atomic E-state index is 0.408. The fraction of sp³-hybridized carbons (Fsp3) is 0.200. The van der Waals surface area contributed by atoms with Crippen molar-refractivity contribution in [1.82, 2.24) is 4.98 Å². The summed E-state index contributed by atoms with van der Waals surface area (Å²) < 4.78 is 0.974. The van der Waals surface area contributed by atoms with E-state index >= 15 is 0 Å². The van der Waals surface area contributed by atoms with Crippen LogP contribution in [0.2, 0.25) is 0 Å². The van der Waals surface area contributed by atoms with Crippen LogP contribution in [0.3, 0.4) is 0 Å². The third-order valence-corrected chi connectivity index (χ3v) is 3.78. The molecule has 0 bridgehead atoms. The number of thiocarbonyl (C=S) groups is 1. The van der Waals surface area contributed by atoms with Gasteiger partial charge >= 0.3 is 0 Å². The third-order valence-electron chi connectivity index (χ3n) is 3.06. The van der Waals surface area contributed by atoms with Crippen LogP contribution in [0.25, 0.3) is 0 Å². The Hall–Kier alpha value is -1.46. The molecule has 5 heteroatoms. The van der Waals surface area contributed by atoms with Gasteiger partial charge in [-0.2, -0.15) is 0 Å². The smallest absolute Gasteiger partial charge is 0.106 e.